The van der Waals surface area contributed by atoms with Crippen LogP contribution in [0.2, 0.25) is 0 Å². The van der Waals surface area contributed by atoms with Crippen LogP contribution in [0, 0.1) is 0 Å². The molecule has 13 heteroatoms. The van der Waals surface area contributed by atoms with Gasteiger partial charge in [-0.15, -0.1) is 0 Å². The first kappa shape index (κ1) is 28.3. The van der Waals surface area contributed by atoms with Gasteiger partial charge in [-0.1, -0.05) is 0 Å². The van der Waals surface area contributed by atoms with Crippen LogP contribution in [0.15, 0.2) is 0 Å². The number of rotatable bonds is 14. The Morgan fingerprint density at radius 1 is 1.15 bits per heavy atom. The SMILES string of the molecule is CC(=O)CCCC(=O)NCCOP(=O)([O-])OC[C@H](O)[C@H](O)[C@H](O)CO.[Na+]. The summed E-state index contributed by atoms with van der Waals surface area (Å²) in [4.78, 5) is 33.5. The Kier molecular flexibility index (Phi) is 16.4. The van der Waals surface area contributed by atoms with E-state index in [1.165, 1.54) is 6.92 Å². The van der Waals surface area contributed by atoms with E-state index in [1.807, 2.05) is 0 Å². The van der Waals surface area contributed by atoms with Gasteiger partial charge in [-0.2, -0.15) is 0 Å². The maximum atomic E-state index is 11.4. The molecule has 0 radical (unpaired) electrons. The van der Waals surface area contributed by atoms with Crippen molar-refractivity contribution >= 4 is 19.5 Å². The van der Waals surface area contributed by atoms with Crippen LogP contribution in [-0.4, -0.2) is 76.8 Å². The molecule has 4 atom stereocenters. The van der Waals surface area contributed by atoms with Gasteiger partial charge in [0.25, 0.3) is 7.82 Å². The molecule has 0 aromatic rings. The van der Waals surface area contributed by atoms with Gasteiger partial charge in [-0.05, 0) is 13.3 Å². The molecule has 0 aliphatic carbocycles. The predicted molar refractivity (Wildman–Crippen MR) is 82.2 cm³/mol. The molecule has 0 saturated heterocycles. The molecular weight excluding hydrogens is 384 g/mol. The third-order valence-corrected chi connectivity index (χ3v) is 3.95. The van der Waals surface area contributed by atoms with Crippen molar-refractivity contribution in [2.45, 2.75) is 44.5 Å². The summed E-state index contributed by atoms with van der Waals surface area (Å²) in [5.74, 6) is -0.387. The van der Waals surface area contributed by atoms with Gasteiger partial charge in [0.05, 0.1) is 19.8 Å². The molecule has 0 fully saturated rings. The van der Waals surface area contributed by atoms with Gasteiger partial charge in [-0.25, -0.2) is 0 Å². The predicted octanol–water partition coefficient (Wildman–Crippen LogP) is -5.56. The fourth-order valence-electron chi connectivity index (χ4n) is 1.60. The summed E-state index contributed by atoms with van der Waals surface area (Å²) in [5.41, 5.74) is 0. The van der Waals surface area contributed by atoms with Crippen LogP contribution >= 0.6 is 7.82 Å². The average Bonchev–Trinajstić information content (AvgIpc) is 2.55. The number of phosphoric ester groups is 1. The summed E-state index contributed by atoms with van der Waals surface area (Å²) in [5, 5.41) is 38.8. The number of Topliss-reactive ketones (excluding diaryl/α,β-unsaturated/α-hetero) is 1. The second kappa shape index (κ2) is 15.1. The van der Waals surface area contributed by atoms with Crippen molar-refractivity contribution in [2.24, 2.45) is 0 Å². The standard InChI is InChI=1S/C13H26NO10P.Na/c1-9(16)3-2-4-12(19)14-5-6-23-25(21,22)24-8-11(18)13(20)10(17)7-15;/h10-11,13,15,17-18,20H,2-8H2,1H3,(H,14,19)(H,21,22);/q;+1/p-1/t10-,11+,13-;/m1./s1. The second-order valence-corrected chi connectivity index (χ2v) is 6.70. The zero-order valence-electron chi connectivity index (χ0n) is 14.9. The molecule has 11 nitrogen and oxygen atoms in total. The van der Waals surface area contributed by atoms with Crippen LogP contribution in [0.5, 0.6) is 0 Å². The van der Waals surface area contributed by atoms with Gasteiger partial charge in [0, 0.05) is 19.4 Å². The van der Waals surface area contributed by atoms with Gasteiger partial charge < -0.3 is 44.5 Å². The Balaban J connectivity index is 0. The van der Waals surface area contributed by atoms with E-state index >= 15 is 0 Å². The molecule has 0 rings (SSSR count). The maximum absolute atomic E-state index is 11.4. The van der Waals surface area contributed by atoms with Crippen molar-refractivity contribution in [3.8, 4) is 0 Å². The molecule has 0 heterocycles. The van der Waals surface area contributed by atoms with Gasteiger partial charge in [0.15, 0.2) is 0 Å². The van der Waals surface area contributed by atoms with Crippen molar-refractivity contribution < 1.29 is 78.1 Å². The van der Waals surface area contributed by atoms with E-state index in [0.717, 1.165) is 0 Å². The van der Waals surface area contributed by atoms with Crippen molar-refractivity contribution in [3.05, 3.63) is 0 Å². The van der Waals surface area contributed by atoms with Gasteiger partial charge in [0.1, 0.15) is 24.1 Å². The molecular formula is C13H25NNaO10P. The van der Waals surface area contributed by atoms with Crippen molar-refractivity contribution in [1.29, 1.82) is 0 Å². The molecule has 148 valence electrons. The zero-order valence-corrected chi connectivity index (χ0v) is 17.8. The molecule has 5 N–H and O–H groups in total. The van der Waals surface area contributed by atoms with Crippen LogP contribution in [0.25, 0.3) is 0 Å². The number of carbonyl (C=O) groups is 2. The van der Waals surface area contributed by atoms with Gasteiger partial charge in [-0.3, -0.25) is 9.36 Å². The number of aliphatic hydroxyl groups excluding tert-OH is 4. The quantitative estimate of drug-likeness (QED) is 0.105. The Morgan fingerprint density at radius 3 is 2.31 bits per heavy atom. The molecule has 0 bridgehead atoms. The summed E-state index contributed by atoms with van der Waals surface area (Å²) < 4.78 is 20.2. The summed E-state index contributed by atoms with van der Waals surface area (Å²) in [6, 6.07) is 0. The van der Waals surface area contributed by atoms with E-state index in [4.69, 9.17) is 10.2 Å². The molecule has 0 aliphatic heterocycles. The molecule has 0 saturated carbocycles. The number of nitrogens with one attached hydrogen (secondary N) is 1. The van der Waals surface area contributed by atoms with Crippen LogP contribution in [-0.2, 0) is 23.2 Å². The molecule has 1 amide bonds. The van der Waals surface area contributed by atoms with E-state index in [-0.39, 0.29) is 60.6 Å². The van der Waals surface area contributed by atoms with Crippen LogP contribution < -0.4 is 39.8 Å². The van der Waals surface area contributed by atoms with Crippen LogP contribution in [0.1, 0.15) is 26.2 Å². The number of aliphatic hydroxyl groups is 4. The second-order valence-electron chi connectivity index (χ2n) is 5.29. The average molecular weight is 409 g/mol. The summed E-state index contributed by atoms with van der Waals surface area (Å²) in [6.45, 7) is -0.801. The molecule has 0 spiro atoms. The number of phosphoric acid groups is 1. The molecule has 0 aliphatic rings. The van der Waals surface area contributed by atoms with Crippen LogP contribution in [0.3, 0.4) is 0 Å². The zero-order chi connectivity index (χ0) is 19.5. The van der Waals surface area contributed by atoms with E-state index < -0.39 is 46.0 Å². The maximum Gasteiger partial charge on any atom is 1.00 e. The topological polar surface area (TPSA) is 186 Å². The largest absolute Gasteiger partial charge is 1.00 e. The Labute approximate surface area is 173 Å². The first-order chi connectivity index (χ1) is 11.6. The smallest absolute Gasteiger partial charge is 0.756 e. The third kappa shape index (κ3) is 14.2. The third-order valence-electron chi connectivity index (χ3n) is 2.99. The Morgan fingerprint density at radius 2 is 1.77 bits per heavy atom. The molecule has 26 heavy (non-hydrogen) atoms. The minimum absolute atomic E-state index is 0. The number of hydrogen-bond donors (Lipinski definition) is 5. The van der Waals surface area contributed by atoms with Gasteiger partial charge >= 0.3 is 29.6 Å². The number of ketones is 1. The van der Waals surface area contributed by atoms with Gasteiger partial charge in [0.2, 0.25) is 5.91 Å². The summed E-state index contributed by atoms with van der Waals surface area (Å²) in [6.07, 6.45) is -4.39. The molecule has 1 unspecified atom stereocenters. The van der Waals surface area contributed by atoms with E-state index in [2.05, 4.69) is 14.4 Å². The Bertz CT molecular complexity index is 466. The molecule has 0 aromatic heterocycles. The monoisotopic (exact) mass is 409 g/mol. The number of amides is 1. The van der Waals surface area contributed by atoms with E-state index in [0.29, 0.717) is 6.42 Å². The fourth-order valence-corrected chi connectivity index (χ4v) is 2.33. The van der Waals surface area contributed by atoms with E-state index in [1.54, 1.807) is 0 Å². The number of carbonyl (C=O) groups excluding carboxylic acids is 2. The summed E-state index contributed by atoms with van der Waals surface area (Å²) >= 11 is 0. The molecule has 0 aromatic carbocycles. The van der Waals surface area contributed by atoms with Crippen molar-refractivity contribution in [2.75, 3.05) is 26.4 Å². The normalized spacial score (nSPS) is 16.7. The minimum Gasteiger partial charge on any atom is -0.756 e. The van der Waals surface area contributed by atoms with Crippen molar-refractivity contribution in [3.63, 3.8) is 0 Å². The van der Waals surface area contributed by atoms with Crippen molar-refractivity contribution in [1.82, 2.24) is 5.32 Å². The summed E-state index contributed by atoms with van der Waals surface area (Å²) in [7, 11) is -4.78. The van der Waals surface area contributed by atoms with E-state index in [9.17, 15) is 29.3 Å². The Hall–Kier alpha value is 0.0900. The first-order valence-electron chi connectivity index (χ1n) is 7.60. The first-order valence-corrected chi connectivity index (χ1v) is 9.06. The van der Waals surface area contributed by atoms with Crippen LogP contribution in [0.4, 0.5) is 0 Å². The minimum atomic E-state index is -4.78. The fraction of sp³-hybridized carbons (Fsp3) is 0.846. The number of hydrogen-bond acceptors (Lipinski definition) is 10.